The Hall–Kier alpha value is -1.16. The van der Waals surface area contributed by atoms with Crippen LogP contribution in [0.4, 0.5) is 8.78 Å². The Kier molecular flexibility index (Phi) is 3.81. The molecule has 2 rings (SSSR count). The number of aromatic hydroxyl groups is 1. The molecule has 1 fully saturated rings. The van der Waals surface area contributed by atoms with Crippen molar-refractivity contribution >= 4 is 0 Å². The van der Waals surface area contributed by atoms with Crippen molar-refractivity contribution < 1.29 is 13.9 Å². The molecule has 1 N–H and O–H groups in total. The fourth-order valence-electron chi connectivity index (χ4n) is 2.64. The van der Waals surface area contributed by atoms with E-state index in [1.807, 2.05) is 0 Å². The SMILES string of the molecule is CC(C)(C)N1CCC(c2ccc(O)c(F)c2)C(F)C1. The Morgan fingerprint density at radius 2 is 2.00 bits per heavy atom. The van der Waals surface area contributed by atoms with Crippen LogP contribution in [0, 0.1) is 5.82 Å². The molecule has 0 bridgehead atoms. The third-order valence-corrected chi connectivity index (χ3v) is 3.89. The number of piperidine rings is 1. The zero-order chi connectivity index (χ0) is 14.2. The van der Waals surface area contributed by atoms with Gasteiger partial charge in [-0.2, -0.15) is 0 Å². The number of hydrogen-bond donors (Lipinski definition) is 1. The van der Waals surface area contributed by atoms with Gasteiger partial charge < -0.3 is 5.11 Å². The summed E-state index contributed by atoms with van der Waals surface area (Å²) in [4.78, 5) is 2.12. The van der Waals surface area contributed by atoms with Gasteiger partial charge in [-0.25, -0.2) is 8.78 Å². The highest BCUT2D eigenvalue weighted by atomic mass is 19.1. The molecule has 0 spiro atoms. The summed E-state index contributed by atoms with van der Waals surface area (Å²) < 4.78 is 27.7. The molecule has 19 heavy (non-hydrogen) atoms. The van der Waals surface area contributed by atoms with Crippen molar-refractivity contribution in [1.82, 2.24) is 4.90 Å². The van der Waals surface area contributed by atoms with Crippen molar-refractivity contribution in [2.45, 2.75) is 44.8 Å². The lowest BCUT2D eigenvalue weighted by atomic mass is 9.86. The van der Waals surface area contributed by atoms with Gasteiger partial charge in [0.25, 0.3) is 0 Å². The van der Waals surface area contributed by atoms with Crippen LogP contribution in [0.5, 0.6) is 5.75 Å². The molecule has 2 atom stereocenters. The van der Waals surface area contributed by atoms with E-state index in [1.54, 1.807) is 6.07 Å². The summed E-state index contributed by atoms with van der Waals surface area (Å²) >= 11 is 0. The predicted molar refractivity (Wildman–Crippen MR) is 71.6 cm³/mol. The molecule has 2 unspecified atom stereocenters. The lowest BCUT2D eigenvalue weighted by Crippen LogP contribution is -2.50. The van der Waals surface area contributed by atoms with E-state index >= 15 is 0 Å². The average molecular weight is 269 g/mol. The van der Waals surface area contributed by atoms with Crippen LogP contribution in [-0.4, -0.2) is 34.8 Å². The number of alkyl halides is 1. The average Bonchev–Trinajstić information content (AvgIpc) is 2.31. The molecular weight excluding hydrogens is 248 g/mol. The second-order valence-corrected chi connectivity index (χ2v) is 6.24. The van der Waals surface area contributed by atoms with Gasteiger partial charge in [-0.05, 0) is 51.4 Å². The van der Waals surface area contributed by atoms with Crippen LogP contribution in [0.25, 0.3) is 0 Å². The van der Waals surface area contributed by atoms with Gasteiger partial charge >= 0.3 is 0 Å². The van der Waals surface area contributed by atoms with Crippen molar-refractivity contribution in [3.05, 3.63) is 29.6 Å². The zero-order valence-corrected chi connectivity index (χ0v) is 11.7. The highest BCUT2D eigenvalue weighted by Gasteiger charge is 2.34. The van der Waals surface area contributed by atoms with E-state index < -0.39 is 12.0 Å². The summed E-state index contributed by atoms with van der Waals surface area (Å²) in [6.07, 6.45) is -0.334. The molecule has 1 aromatic rings. The Balaban J connectivity index is 2.13. The first-order valence-electron chi connectivity index (χ1n) is 6.66. The van der Waals surface area contributed by atoms with Gasteiger partial charge in [0, 0.05) is 18.0 Å². The maximum absolute atomic E-state index is 14.3. The monoisotopic (exact) mass is 269 g/mol. The summed E-state index contributed by atoms with van der Waals surface area (Å²) in [6, 6.07) is 4.16. The highest BCUT2D eigenvalue weighted by Crippen LogP contribution is 2.34. The van der Waals surface area contributed by atoms with Gasteiger partial charge in [-0.1, -0.05) is 6.07 Å². The van der Waals surface area contributed by atoms with Crippen LogP contribution < -0.4 is 0 Å². The maximum Gasteiger partial charge on any atom is 0.165 e. The number of nitrogens with zero attached hydrogens (tertiary/aromatic N) is 1. The van der Waals surface area contributed by atoms with Crippen LogP contribution in [0.3, 0.4) is 0 Å². The van der Waals surface area contributed by atoms with E-state index in [1.165, 1.54) is 12.1 Å². The van der Waals surface area contributed by atoms with Gasteiger partial charge in [-0.15, -0.1) is 0 Å². The summed E-state index contributed by atoms with van der Waals surface area (Å²) in [6.45, 7) is 7.38. The van der Waals surface area contributed by atoms with Gasteiger partial charge in [0.2, 0.25) is 0 Å². The molecule has 106 valence electrons. The second-order valence-electron chi connectivity index (χ2n) is 6.24. The van der Waals surface area contributed by atoms with E-state index in [0.717, 1.165) is 6.54 Å². The Labute approximate surface area is 113 Å². The summed E-state index contributed by atoms with van der Waals surface area (Å²) in [5.41, 5.74) is 0.589. The van der Waals surface area contributed by atoms with Crippen molar-refractivity contribution in [2.24, 2.45) is 0 Å². The number of halogens is 2. The van der Waals surface area contributed by atoms with Gasteiger partial charge in [0.1, 0.15) is 6.17 Å². The Morgan fingerprint density at radius 3 is 2.53 bits per heavy atom. The van der Waals surface area contributed by atoms with Crippen LogP contribution in [0.1, 0.15) is 38.7 Å². The van der Waals surface area contributed by atoms with E-state index in [0.29, 0.717) is 18.5 Å². The van der Waals surface area contributed by atoms with Gasteiger partial charge in [0.15, 0.2) is 11.6 Å². The smallest absolute Gasteiger partial charge is 0.165 e. The standard InChI is InChI=1S/C15H21F2NO/c1-15(2,3)18-7-6-11(13(17)9-18)10-4-5-14(19)12(16)8-10/h4-5,8,11,13,19H,6-7,9H2,1-3H3. The normalized spacial score (nSPS) is 25.5. The fourth-order valence-corrected chi connectivity index (χ4v) is 2.64. The lowest BCUT2D eigenvalue weighted by Gasteiger charge is -2.42. The zero-order valence-electron chi connectivity index (χ0n) is 11.7. The first-order chi connectivity index (χ1) is 8.79. The van der Waals surface area contributed by atoms with Crippen molar-refractivity contribution in [3.8, 4) is 5.75 Å². The maximum atomic E-state index is 14.3. The van der Waals surface area contributed by atoms with Crippen molar-refractivity contribution in [3.63, 3.8) is 0 Å². The molecule has 4 heteroatoms. The quantitative estimate of drug-likeness (QED) is 0.844. The first kappa shape index (κ1) is 14.3. The minimum Gasteiger partial charge on any atom is -0.505 e. The molecule has 0 aromatic heterocycles. The highest BCUT2D eigenvalue weighted by molar-refractivity contribution is 5.31. The van der Waals surface area contributed by atoms with Crippen molar-refractivity contribution in [2.75, 3.05) is 13.1 Å². The number of phenols is 1. The van der Waals surface area contributed by atoms with E-state index in [9.17, 15) is 13.9 Å². The molecule has 1 heterocycles. The minimum atomic E-state index is -1.00. The van der Waals surface area contributed by atoms with E-state index in [2.05, 4.69) is 25.7 Å². The molecule has 2 nitrogen and oxygen atoms in total. The molecule has 0 aliphatic carbocycles. The van der Waals surface area contributed by atoms with E-state index in [-0.39, 0.29) is 17.2 Å². The Morgan fingerprint density at radius 1 is 1.32 bits per heavy atom. The van der Waals surface area contributed by atoms with Crippen LogP contribution in [0.15, 0.2) is 18.2 Å². The summed E-state index contributed by atoms with van der Waals surface area (Å²) in [5, 5.41) is 9.18. The third kappa shape index (κ3) is 3.06. The van der Waals surface area contributed by atoms with Gasteiger partial charge in [0.05, 0.1) is 0 Å². The van der Waals surface area contributed by atoms with Crippen molar-refractivity contribution in [1.29, 1.82) is 0 Å². The topological polar surface area (TPSA) is 23.5 Å². The molecule has 1 saturated heterocycles. The molecule has 1 aromatic carbocycles. The van der Waals surface area contributed by atoms with Crippen LogP contribution in [-0.2, 0) is 0 Å². The second kappa shape index (κ2) is 5.08. The first-order valence-corrected chi connectivity index (χ1v) is 6.66. The minimum absolute atomic E-state index is 0.0461. The summed E-state index contributed by atoms with van der Waals surface area (Å²) in [7, 11) is 0. The van der Waals surface area contributed by atoms with E-state index in [4.69, 9.17) is 0 Å². The molecular formula is C15H21F2NO. The molecule has 0 radical (unpaired) electrons. The van der Waals surface area contributed by atoms with Crippen LogP contribution >= 0.6 is 0 Å². The molecule has 0 saturated carbocycles. The molecule has 0 amide bonds. The molecule has 1 aliphatic rings. The van der Waals surface area contributed by atoms with Crippen LogP contribution in [0.2, 0.25) is 0 Å². The summed E-state index contributed by atoms with van der Waals surface area (Å²) in [5.74, 6) is -1.34. The number of phenolic OH excluding ortho intramolecular Hbond substituents is 1. The number of hydrogen-bond acceptors (Lipinski definition) is 2. The lowest BCUT2D eigenvalue weighted by molar-refractivity contribution is 0.0494. The largest absolute Gasteiger partial charge is 0.505 e. The number of rotatable bonds is 1. The number of benzene rings is 1. The molecule has 1 aliphatic heterocycles. The fraction of sp³-hybridized carbons (Fsp3) is 0.600. The number of likely N-dealkylation sites (tertiary alicyclic amines) is 1. The van der Waals surface area contributed by atoms with Gasteiger partial charge in [-0.3, -0.25) is 4.90 Å². The Bertz CT molecular complexity index is 456. The third-order valence-electron chi connectivity index (χ3n) is 3.89. The predicted octanol–water partition coefficient (Wildman–Crippen LogP) is 3.46.